The number of thioether (sulfide) groups is 1. The van der Waals surface area contributed by atoms with Crippen molar-refractivity contribution in [3.05, 3.63) is 40.2 Å². The SMILES string of the molecule is Cc1cc(=O)[nH]c2cc(N3C(=O)CSC3N3CCOCC3)ccc12. The standard InChI is InChI=1S/C17H19N3O3S/c1-11-8-15(21)18-14-9-12(2-3-13(11)14)20-16(22)10-24-17(20)19-4-6-23-7-5-19/h2-3,8-9,17H,4-7,10H2,1H3,(H,18,21). The first-order valence-electron chi connectivity index (χ1n) is 8.02. The molecule has 126 valence electrons. The minimum absolute atomic E-state index is 0.00428. The van der Waals surface area contributed by atoms with Gasteiger partial charge in [0.1, 0.15) is 5.50 Å². The number of rotatable bonds is 2. The molecular weight excluding hydrogens is 326 g/mol. The average Bonchev–Trinajstić information content (AvgIpc) is 2.96. The molecule has 1 aromatic carbocycles. The van der Waals surface area contributed by atoms with Gasteiger partial charge in [0.15, 0.2) is 0 Å². The van der Waals surface area contributed by atoms with Crippen LogP contribution >= 0.6 is 11.8 Å². The zero-order chi connectivity index (χ0) is 16.7. The highest BCUT2D eigenvalue weighted by molar-refractivity contribution is 8.01. The van der Waals surface area contributed by atoms with Crippen LogP contribution < -0.4 is 10.5 Å². The molecular formula is C17H19N3O3S. The van der Waals surface area contributed by atoms with Gasteiger partial charge in [-0.05, 0) is 24.6 Å². The van der Waals surface area contributed by atoms with E-state index in [-0.39, 0.29) is 17.0 Å². The molecule has 7 heteroatoms. The van der Waals surface area contributed by atoms with Crippen LogP contribution in [-0.4, -0.2) is 53.3 Å². The fourth-order valence-electron chi connectivity index (χ4n) is 3.32. The van der Waals surface area contributed by atoms with Gasteiger partial charge < -0.3 is 9.72 Å². The third kappa shape index (κ3) is 2.72. The molecule has 3 heterocycles. The lowest BCUT2D eigenvalue weighted by molar-refractivity contribution is -0.116. The van der Waals surface area contributed by atoms with Crippen molar-refractivity contribution in [2.24, 2.45) is 0 Å². The van der Waals surface area contributed by atoms with E-state index in [1.807, 2.05) is 30.0 Å². The van der Waals surface area contributed by atoms with Crippen LogP contribution in [0.1, 0.15) is 5.56 Å². The first-order valence-corrected chi connectivity index (χ1v) is 9.07. The number of fused-ring (bicyclic) bond motifs is 1. The molecule has 1 aromatic heterocycles. The van der Waals surface area contributed by atoms with Crippen molar-refractivity contribution in [2.45, 2.75) is 12.4 Å². The van der Waals surface area contributed by atoms with Crippen molar-refractivity contribution in [3.8, 4) is 0 Å². The second kappa shape index (κ2) is 6.23. The summed E-state index contributed by atoms with van der Waals surface area (Å²) >= 11 is 1.65. The summed E-state index contributed by atoms with van der Waals surface area (Å²) in [7, 11) is 0. The van der Waals surface area contributed by atoms with E-state index in [9.17, 15) is 9.59 Å². The molecule has 0 radical (unpaired) electrons. The minimum atomic E-state index is -0.121. The van der Waals surface area contributed by atoms with Gasteiger partial charge in [0.05, 0.1) is 24.5 Å². The van der Waals surface area contributed by atoms with Crippen LogP contribution in [-0.2, 0) is 9.53 Å². The van der Waals surface area contributed by atoms with Gasteiger partial charge in [-0.15, -0.1) is 11.8 Å². The number of nitrogens with zero attached hydrogens (tertiary/aromatic N) is 2. The summed E-state index contributed by atoms with van der Waals surface area (Å²) < 4.78 is 5.42. The summed E-state index contributed by atoms with van der Waals surface area (Å²) in [6.07, 6.45) is 0. The maximum Gasteiger partial charge on any atom is 0.248 e. The Bertz CT molecular complexity index is 845. The Hall–Kier alpha value is -1.83. The van der Waals surface area contributed by atoms with Gasteiger partial charge in [-0.2, -0.15) is 0 Å². The number of H-pyrrole nitrogens is 1. The van der Waals surface area contributed by atoms with Crippen LogP contribution in [0.2, 0.25) is 0 Å². The van der Waals surface area contributed by atoms with Gasteiger partial charge in [0.2, 0.25) is 11.5 Å². The number of aromatic nitrogens is 1. The zero-order valence-electron chi connectivity index (χ0n) is 13.4. The molecule has 2 fully saturated rings. The molecule has 0 saturated carbocycles. The number of benzene rings is 1. The highest BCUT2D eigenvalue weighted by atomic mass is 32.2. The molecule has 24 heavy (non-hydrogen) atoms. The number of hydrogen-bond acceptors (Lipinski definition) is 5. The average molecular weight is 345 g/mol. The Morgan fingerprint density at radius 1 is 1.21 bits per heavy atom. The molecule has 4 rings (SSSR count). The van der Waals surface area contributed by atoms with Crippen molar-refractivity contribution < 1.29 is 9.53 Å². The molecule has 0 aliphatic carbocycles. The topological polar surface area (TPSA) is 65.6 Å². The van der Waals surface area contributed by atoms with Crippen molar-refractivity contribution in [2.75, 3.05) is 37.0 Å². The summed E-state index contributed by atoms with van der Waals surface area (Å²) in [6.45, 7) is 4.97. The van der Waals surface area contributed by atoms with E-state index in [4.69, 9.17) is 4.74 Å². The fraction of sp³-hybridized carbons (Fsp3) is 0.412. The van der Waals surface area contributed by atoms with Crippen molar-refractivity contribution in [1.29, 1.82) is 0 Å². The van der Waals surface area contributed by atoms with Gasteiger partial charge in [-0.25, -0.2) is 0 Å². The summed E-state index contributed by atoms with van der Waals surface area (Å²) in [5.74, 6) is 0.579. The molecule has 1 amide bonds. The number of nitrogens with one attached hydrogen (secondary N) is 1. The Morgan fingerprint density at radius 2 is 2.00 bits per heavy atom. The third-order valence-electron chi connectivity index (χ3n) is 4.52. The van der Waals surface area contributed by atoms with Crippen molar-refractivity contribution in [1.82, 2.24) is 9.88 Å². The minimum Gasteiger partial charge on any atom is -0.379 e. The monoisotopic (exact) mass is 345 g/mol. The largest absolute Gasteiger partial charge is 0.379 e. The second-order valence-corrected chi connectivity index (χ2v) is 7.14. The predicted octanol–water partition coefficient (Wildman–Crippen LogP) is 1.53. The number of carbonyl (C=O) groups is 1. The summed E-state index contributed by atoms with van der Waals surface area (Å²) in [5.41, 5.74) is 2.41. The summed E-state index contributed by atoms with van der Waals surface area (Å²) in [6, 6.07) is 7.43. The van der Waals surface area contributed by atoms with E-state index < -0.39 is 0 Å². The third-order valence-corrected chi connectivity index (χ3v) is 5.74. The van der Waals surface area contributed by atoms with Gasteiger partial charge in [0.25, 0.3) is 0 Å². The molecule has 0 bridgehead atoms. The highest BCUT2D eigenvalue weighted by Crippen LogP contribution is 2.34. The molecule has 1 N–H and O–H groups in total. The number of amides is 1. The molecule has 2 aliphatic heterocycles. The Kier molecular flexibility index (Phi) is 4.07. The summed E-state index contributed by atoms with van der Waals surface area (Å²) in [4.78, 5) is 31.2. The van der Waals surface area contributed by atoms with Gasteiger partial charge in [-0.3, -0.25) is 19.4 Å². The molecule has 1 unspecified atom stereocenters. The van der Waals surface area contributed by atoms with Gasteiger partial charge in [0, 0.05) is 30.2 Å². The van der Waals surface area contributed by atoms with Crippen LogP contribution in [0.4, 0.5) is 5.69 Å². The van der Waals surface area contributed by atoms with Crippen molar-refractivity contribution in [3.63, 3.8) is 0 Å². The lowest BCUT2D eigenvalue weighted by Crippen LogP contribution is -2.49. The van der Waals surface area contributed by atoms with Crippen LogP contribution in [0, 0.1) is 6.92 Å². The fourth-order valence-corrected chi connectivity index (χ4v) is 4.56. The van der Waals surface area contributed by atoms with Crippen LogP contribution in [0.5, 0.6) is 0 Å². The number of aryl methyl sites for hydroxylation is 1. The van der Waals surface area contributed by atoms with E-state index >= 15 is 0 Å². The normalized spacial score (nSPS) is 22.5. The van der Waals surface area contributed by atoms with E-state index in [1.165, 1.54) is 0 Å². The number of carbonyl (C=O) groups excluding carboxylic acids is 1. The maximum absolute atomic E-state index is 12.5. The molecule has 2 aliphatic rings. The van der Waals surface area contributed by atoms with Crippen LogP contribution in [0.3, 0.4) is 0 Å². The number of ether oxygens (including phenoxy) is 1. The summed E-state index contributed by atoms with van der Waals surface area (Å²) in [5, 5.41) is 1.00. The molecule has 1 atom stereocenters. The Balaban J connectivity index is 1.73. The lowest BCUT2D eigenvalue weighted by atomic mass is 10.1. The first kappa shape index (κ1) is 15.7. The van der Waals surface area contributed by atoms with Gasteiger partial charge >= 0.3 is 0 Å². The van der Waals surface area contributed by atoms with E-state index in [1.54, 1.807) is 17.8 Å². The number of anilines is 1. The Morgan fingerprint density at radius 3 is 2.79 bits per heavy atom. The Labute approximate surface area is 143 Å². The second-order valence-electron chi connectivity index (χ2n) is 6.10. The lowest BCUT2D eigenvalue weighted by Gasteiger charge is -2.36. The number of pyridine rings is 1. The van der Waals surface area contributed by atoms with E-state index in [0.717, 1.165) is 35.2 Å². The number of hydrogen-bond donors (Lipinski definition) is 1. The molecule has 2 aromatic rings. The predicted molar refractivity (Wildman–Crippen MR) is 95.4 cm³/mol. The van der Waals surface area contributed by atoms with Crippen LogP contribution in [0.25, 0.3) is 10.9 Å². The first-order chi connectivity index (χ1) is 11.6. The number of morpholine rings is 1. The molecule has 2 saturated heterocycles. The van der Waals surface area contributed by atoms with E-state index in [0.29, 0.717) is 19.0 Å². The van der Waals surface area contributed by atoms with E-state index in [2.05, 4.69) is 9.88 Å². The molecule has 6 nitrogen and oxygen atoms in total. The maximum atomic E-state index is 12.5. The smallest absolute Gasteiger partial charge is 0.248 e. The van der Waals surface area contributed by atoms with Crippen LogP contribution in [0.15, 0.2) is 29.1 Å². The van der Waals surface area contributed by atoms with Crippen molar-refractivity contribution >= 4 is 34.3 Å². The number of aromatic amines is 1. The highest BCUT2D eigenvalue weighted by Gasteiger charge is 2.37. The quantitative estimate of drug-likeness (QED) is 0.894. The zero-order valence-corrected chi connectivity index (χ0v) is 14.3. The molecule has 0 spiro atoms. The van der Waals surface area contributed by atoms with Gasteiger partial charge in [-0.1, -0.05) is 6.07 Å².